The Morgan fingerprint density at radius 1 is 1.30 bits per heavy atom. The molecule has 2 aromatic carbocycles. The molecule has 8 heteroatoms. The number of anilines is 1. The molecule has 0 bridgehead atoms. The summed E-state index contributed by atoms with van der Waals surface area (Å²) >= 11 is 1.16. The molecule has 0 radical (unpaired) electrons. The molecule has 0 aliphatic heterocycles. The van der Waals surface area contributed by atoms with Crippen LogP contribution in [0.2, 0.25) is 0 Å². The van der Waals surface area contributed by atoms with Crippen LogP contribution in [0.3, 0.4) is 0 Å². The first-order chi connectivity index (χ1) is 13.0. The quantitative estimate of drug-likeness (QED) is 0.642. The molecule has 0 saturated heterocycles. The molecule has 0 spiro atoms. The van der Waals surface area contributed by atoms with Crippen molar-refractivity contribution in [1.82, 2.24) is 9.97 Å². The number of amides is 1. The number of hydrogen-bond acceptors (Lipinski definition) is 4. The number of fused-ring (bicyclic) bond motifs is 1. The molecule has 1 heterocycles. The fourth-order valence-corrected chi connectivity index (χ4v) is 3.49. The molecule has 27 heavy (non-hydrogen) atoms. The SMILES string of the molecule is CC(Sc1nc2cc(F)c(F)cc2[nH]1)C(=O)N(CCC#N)c1ccccc1. The molecule has 1 unspecified atom stereocenters. The number of aromatic amines is 1. The topological polar surface area (TPSA) is 72.8 Å². The first-order valence-corrected chi connectivity index (χ1v) is 9.12. The number of carbonyl (C=O) groups is 1. The lowest BCUT2D eigenvalue weighted by molar-refractivity contribution is -0.117. The van der Waals surface area contributed by atoms with E-state index in [-0.39, 0.29) is 18.9 Å². The normalized spacial score (nSPS) is 11.9. The van der Waals surface area contributed by atoms with Crippen LogP contribution >= 0.6 is 11.8 Å². The highest BCUT2D eigenvalue weighted by atomic mass is 32.2. The van der Waals surface area contributed by atoms with E-state index in [1.165, 1.54) is 0 Å². The second-order valence-corrected chi connectivity index (χ2v) is 7.15. The van der Waals surface area contributed by atoms with E-state index in [1.807, 2.05) is 24.3 Å². The molecule has 138 valence electrons. The first-order valence-electron chi connectivity index (χ1n) is 8.24. The smallest absolute Gasteiger partial charge is 0.240 e. The number of para-hydroxylation sites is 1. The Balaban J connectivity index is 1.80. The van der Waals surface area contributed by atoms with Crippen LogP contribution in [0.15, 0.2) is 47.6 Å². The highest BCUT2D eigenvalue weighted by Crippen LogP contribution is 2.27. The zero-order chi connectivity index (χ0) is 19.4. The fourth-order valence-electron chi connectivity index (χ4n) is 2.61. The summed E-state index contributed by atoms with van der Waals surface area (Å²) in [6.07, 6.45) is 0.210. The molecule has 1 amide bonds. The van der Waals surface area contributed by atoms with Crippen molar-refractivity contribution in [3.8, 4) is 6.07 Å². The van der Waals surface area contributed by atoms with E-state index in [4.69, 9.17) is 5.26 Å². The maximum atomic E-state index is 13.3. The van der Waals surface area contributed by atoms with E-state index in [0.29, 0.717) is 21.9 Å². The molecular formula is C19H16F2N4OS. The van der Waals surface area contributed by atoms with Gasteiger partial charge in [-0.2, -0.15) is 5.26 Å². The minimum absolute atomic E-state index is 0.181. The Hall–Kier alpha value is -2.92. The van der Waals surface area contributed by atoms with Crippen molar-refractivity contribution >= 4 is 34.4 Å². The first kappa shape index (κ1) is 18.9. The van der Waals surface area contributed by atoms with Gasteiger partial charge in [-0.3, -0.25) is 4.79 Å². The van der Waals surface area contributed by atoms with E-state index in [2.05, 4.69) is 9.97 Å². The highest BCUT2D eigenvalue weighted by Gasteiger charge is 2.24. The van der Waals surface area contributed by atoms with Gasteiger partial charge in [0.05, 0.1) is 28.8 Å². The van der Waals surface area contributed by atoms with E-state index in [0.717, 1.165) is 23.9 Å². The predicted octanol–water partition coefficient (Wildman–Crippen LogP) is 4.27. The van der Waals surface area contributed by atoms with Gasteiger partial charge in [0.2, 0.25) is 5.91 Å². The number of nitrogens with one attached hydrogen (secondary N) is 1. The number of H-pyrrole nitrogens is 1. The maximum absolute atomic E-state index is 13.3. The number of thioether (sulfide) groups is 1. The molecule has 3 aromatic rings. The molecule has 0 aliphatic carbocycles. The standard InChI is InChI=1S/C19H16F2N4OS/c1-12(18(26)25(9-5-8-22)13-6-3-2-4-7-13)27-19-23-16-10-14(20)15(21)11-17(16)24-19/h2-4,6-7,10-12H,5,9H2,1H3,(H,23,24). The number of nitriles is 1. The van der Waals surface area contributed by atoms with Gasteiger partial charge in [0, 0.05) is 24.4 Å². The second-order valence-electron chi connectivity index (χ2n) is 5.82. The highest BCUT2D eigenvalue weighted by molar-refractivity contribution is 8.00. The number of carbonyl (C=O) groups excluding carboxylic acids is 1. The third-order valence-corrected chi connectivity index (χ3v) is 4.89. The Kier molecular flexibility index (Phi) is 5.72. The van der Waals surface area contributed by atoms with Gasteiger partial charge in [0.1, 0.15) is 0 Å². The molecule has 1 aromatic heterocycles. The average Bonchev–Trinajstić information content (AvgIpc) is 3.04. The van der Waals surface area contributed by atoms with E-state index >= 15 is 0 Å². The Bertz CT molecular complexity index is 961. The summed E-state index contributed by atoms with van der Waals surface area (Å²) in [5, 5.41) is 8.75. The summed E-state index contributed by atoms with van der Waals surface area (Å²) in [5.74, 6) is -2.11. The number of benzene rings is 2. The number of nitrogens with zero attached hydrogens (tertiary/aromatic N) is 3. The van der Waals surface area contributed by atoms with Crippen molar-refractivity contribution in [2.75, 3.05) is 11.4 Å². The predicted molar refractivity (Wildman–Crippen MR) is 100 cm³/mol. The van der Waals surface area contributed by atoms with E-state index in [9.17, 15) is 13.6 Å². The zero-order valence-corrected chi connectivity index (χ0v) is 15.3. The summed E-state index contributed by atoms with van der Waals surface area (Å²) in [6, 6.07) is 13.2. The van der Waals surface area contributed by atoms with Gasteiger partial charge in [0.15, 0.2) is 16.8 Å². The molecule has 1 atom stereocenters. The van der Waals surface area contributed by atoms with Crippen LogP contribution in [0.1, 0.15) is 13.3 Å². The number of imidazole rings is 1. The minimum atomic E-state index is -0.971. The Morgan fingerprint density at radius 2 is 2.00 bits per heavy atom. The molecule has 0 fully saturated rings. The summed E-state index contributed by atoms with van der Waals surface area (Å²) in [6.45, 7) is 2.00. The Labute approximate surface area is 159 Å². The van der Waals surface area contributed by atoms with Crippen molar-refractivity contribution in [3.63, 3.8) is 0 Å². The van der Waals surface area contributed by atoms with Crippen LogP contribution in [0.25, 0.3) is 11.0 Å². The fraction of sp³-hybridized carbons (Fsp3) is 0.211. The Morgan fingerprint density at radius 3 is 2.70 bits per heavy atom. The van der Waals surface area contributed by atoms with Gasteiger partial charge < -0.3 is 9.88 Å². The maximum Gasteiger partial charge on any atom is 0.240 e. The number of rotatable bonds is 6. The number of halogens is 2. The second kappa shape index (κ2) is 8.18. The molecule has 0 saturated carbocycles. The van der Waals surface area contributed by atoms with Gasteiger partial charge in [-0.05, 0) is 19.1 Å². The van der Waals surface area contributed by atoms with Crippen molar-refractivity contribution in [3.05, 3.63) is 54.1 Å². The van der Waals surface area contributed by atoms with Crippen LogP contribution in [-0.2, 0) is 4.79 Å². The molecular weight excluding hydrogens is 370 g/mol. The van der Waals surface area contributed by atoms with Crippen LogP contribution < -0.4 is 4.90 Å². The lowest BCUT2D eigenvalue weighted by Crippen LogP contribution is -2.37. The largest absolute Gasteiger partial charge is 0.333 e. The molecule has 5 nitrogen and oxygen atoms in total. The monoisotopic (exact) mass is 386 g/mol. The summed E-state index contributed by atoms with van der Waals surface area (Å²) in [7, 11) is 0. The van der Waals surface area contributed by atoms with Crippen molar-refractivity contribution in [2.24, 2.45) is 0 Å². The van der Waals surface area contributed by atoms with Crippen molar-refractivity contribution in [2.45, 2.75) is 23.8 Å². The minimum Gasteiger partial charge on any atom is -0.333 e. The van der Waals surface area contributed by atoms with Crippen molar-refractivity contribution < 1.29 is 13.6 Å². The van der Waals surface area contributed by atoms with Gasteiger partial charge in [0.25, 0.3) is 0 Å². The molecule has 1 N–H and O–H groups in total. The average molecular weight is 386 g/mol. The van der Waals surface area contributed by atoms with Gasteiger partial charge in [-0.1, -0.05) is 30.0 Å². The zero-order valence-electron chi connectivity index (χ0n) is 14.4. The van der Waals surface area contributed by atoms with Crippen LogP contribution in [0.4, 0.5) is 14.5 Å². The third-order valence-electron chi connectivity index (χ3n) is 3.92. The number of aromatic nitrogens is 2. The lowest BCUT2D eigenvalue weighted by Gasteiger charge is -2.24. The van der Waals surface area contributed by atoms with Crippen LogP contribution in [0.5, 0.6) is 0 Å². The van der Waals surface area contributed by atoms with E-state index in [1.54, 1.807) is 24.0 Å². The van der Waals surface area contributed by atoms with Gasteiger partial charge >= 0.3 is 0 Å². The van der Waals surface area contributed by atoms with Gasteiger partial charge in [-0.15, -0.1) is 0 Å². The third kappa shape index (κ3) is 4.26. The number of hydrogen-bond donors (Lipinski definition) is 1. The summed E-state index contributed by atoms with van der Waals surface area (Å²) < 4.78 is 26.7. The van der Waals surface area contributed by atoms with Crippen LogP contribution in [0, 0.1) is 23.0 Å². The van der Waals surface area contributed by atoms with E-state index < -0.39 is 16.9 Å². The lowest BCUT2D eigenvalue weighted by atomic mass is 10.2. The molecule has 3 rings (SSSR count). The summed E-state index contributed by atoms with van der Waals surface area (Å²) in [4.78, 5) is 21.6. The molecule has 0 aliphatic rings. The summed E-state index contributed by atoms with van der Waals surface area (Å²) in [5.41, 5.74) is 1.36. The van der Waals surface area contributed by atoms with Crippen molar-refractivity contribution in [1.29, 1.82) is 5.26 Å². The van der Waals surface area contributed by atoms with Gasteiger partial charge in [-0.25, -0.2) is 13.8 Å². The van der Waals surface area contributed by atoms with Crippen LogP contribution in [-0.4, -0.2) is 27.7 Å².